The lowest BCUT2D eigenvalue weighted by atomic mass is 9.65. The number of nitrogens with zero attached hydrogens (tertiary/aromatic N) is 2. The second-order valence-corrected chi connectivity index (χ2v) is 12.1. The number of likely N-dealkylation sites (tertiary alicyclic amines) is 1. The zero-order chi connectivity index (χ0) is 29.8. The normalized spacial score (nSPS) is 29.0. The number of ether oxygens (including phenoxy) is 2. The maximum absolute atomic E-state index is 14.6. The van der Waals surface area contributed by atoms with Crippen molar-refractivity contribution in [2.75, 3.05) is 19.8 Å². The van der Waals surface area contributed by atoms with Gasteiger partial charge in [-0.1, -0.05) is 63.3 Å². The summed E-state index contributed by atoms with van der Waals surface area (Å²) in [4.78, 5) is 46.1. The quantitative estimate of drug-likeness (QED) is 0.194. The van der Waals surface area contributed by atoms with E-state index in [1.165, 1.54) is 0 Å². The molecular formula is C33H46N2O6. The Morgan fingerprint density at radius 2 is 1.95 bits per heavy atom. The Bertz CT molecular complexity index is 1120. The third-order valence-electron chi connectivity index (χ3n) is 9.13. The van der Waals surface area contributed by atoms with Crippen LogP contribution in [0, 0.1) is 17.8 Å². The van der Waals surface area contributed by atoms with Gasteiger partial charge in [0.05, 0.1) is 30.8 Å². The number of carbonyl (C=O) groups is 3. The van der Waals surface area contributed by atoms with Crippen molar-refractivity contribution in [3.8, 4) is 0 Å². The van der Waals surface area contributed by atoms with Gasteiger partial charge in [-0.15, -0.1) is 13.2 Å². The van der Waals surface area contributed by atoms with Gasteiger partial charge in [0.1, 0.15) is 17.6 Å². The second-order valence-electron chi connectivity index (χ2n) is 12.1. The van der Waals surface area contributed by atoms with Crippen LogP contribution < -0.4 is 0 Å². The summed E-state index contributed by atoms with van der Waals surface area (Å²) < 4.78 is 12.6. The van der Waals surface area contributed by atoms with Crippen molar-refractivity contribution < 1.29 is 29.0 Å². The molecule has 6 atom stereocenters. The molecule has 1 spiro atoms. The van der Waals surface area contributed by atoms with E-state index in [1.54, 1.807) is 22.0 Å². The Balaban J connectivity index is 1.77. The number of unbranched alkanes of at least 4 members (excludes halogenated alkanes) is 1. The Morgan fingerprint density at radius 3 is 2.56 bits per heavy atom. The van der Waals surface area contributed by atoms with E-state index in [4.69, 9.17) is 9.47 Å². The first kappa shape index (κ1) is 31.0. The summed E-state index contributed by atoms with van der Waals surface area (Å²) in [6, 6.07) is 8.14. The molecule has 2 bridgehead atoms. The summed E-state index contributed by atoms with van der Waals surface area (Å²) in [5.74, 6) is -2.48. The summed E-state index contributed by atoms with van der Waals surface area (Å²) in [6.45, 7) is 14.2. The molecule has 3 fully saturated rings. The summed E-state index contributed by atoms with van der Waals surface area (Å²) in [5, 5.41) is 10.5. The van der Waals surface area contributed by atoms with Gasteiger partial charge in [-0.05, 0) is 50.0 Å². The molecule has 4 rings (SSSR count). The van der Waals surface area contributed by atoms with E-state index >= 15 is 0 Å². The number of fused-ring (bicyclic) bond motifs is 1. The van der Waals surface area contributed by atoms with E-state index in [0.717, 1.165) is 12.0 Å². The topological polar surface area (TPSA) is 96.4 Å². The minimum atomic E-state index is -1.17. The summed E-state index contributed by atoms with van der Waals surface area (Å²) in [6.07, 6.45) is 6.92. The van der Waals surface area contributed by atoms with Gasteiger partial charge in [-0.2, -0.15) is 0 Å². The van der Waals surface area contributed by atoms with Gasteiger partial charge in [-0.3, -0.25) is 14.4 Å². The number of amides is 2. The molecule has 8 nitrogen and oxygen atoms in total. The fourth-order valence-electron chi connectivity index (χ4n) is 7.36. The van der Waals surface area contributed by atoms with Crippen LogP contribution in [0.4, 0.5) is 0 Å². The van der Waals surface area contributed by atoms with Crippen LogP contribution in [0.25, 0.3) is 0 Å². The van der Waals surface area contributed by atoms with Crippen molar-refractivity contribution in [3.63, 3.8) is 0 Å². The zero-order valence-electron chi connectivity index (χ0n) is 24.8. The summed E-state index contributed by atoms with van der Waals surface area (Å²) in [5.41, 5.74) is -1.08. The molecule has 41 heavy (non-hydrogen) atoms. The predicted molar refractivity (Wildman–Crippen MR) is 156 cm³/mol. The van der Waals surface area contributed by atoms with Gasteiger partial charge < -0.3 is 24.4 Å². The molecule has 3 heterocycles. The third kappa shape index (κ3) is 5.61. The number of allylic oxidation sites excluding steroid dienone is 1. The lowest BCUT2D eigenvalue weighted by molar-refractivity contribution is -0.164. The van der Waals surface area contributed by atoms with Crippen molar-refractivity contribution in [2.24, 2.45) is 17.8 Å². The van der Waals surface area contributed by atoms with Crippen LogP contribution in [0.15, 0.2) is 55.6 Å². The molecule has 224 valence electrons. The molecule has 0 aliphatic carbocycles. The molecule has 2 amide bonds. The molecule has 8 heteroatoms. The summed E-state index contributed by atoms with van der Waals surface area (Å²) in [7, 11) is 0. The van der Waals surface area contributed by atoms with Gasteiger partial charge in [0.2, 0.25) is 11.8 Å². The lowest BCUT2D eigenvalue weighted by Gasteiger charge is -2.40. The fraction of sp³-hybridized carbons (Fsp3) is 0.606. The number of hydrogen-bond acceptors (Lipinski definition) is 6. The van der Waals surface area contributed by atoms with Gasteiger partial charge in [0, 0.05) is 13.1 Å². The Labute approximate surface area is 244 Å². The van der Waals surface area contributed by atoms with Crippen LogP contribution in [0.3, 0.4) is 0 Å². The van der Waals surface area contributed by atoms with Crippen molar-refractivity contribution in [1.82, 2.24) is 9.80 Å². The molecule has 3 aliphatic rings. The molecule has 0 saturated carbocycles. The number of rotatable bonds is 15. The van der Waals surface area contributed by atoms with Gasteiger partial charge in [0.15, 0.2) is 0 Å². The summed E-state index contributed by atoms with van der Waals surface area (Å²) >= 11 is 0. The molecule has 2 unspecified atom stereocenters. The van der Waals surface area contributed by atoms with E-state index in [1.807, 2.05) is 51.1 Å². The molecule has 1 N–H and O–H groups in total. The number of esters is 1. The van der Waals surface area contributed by atoms with Crippen molar-refractivity contribution in [2.45, 2.75) is 89.1 Å². The Morgan fingerprint density at radius 1 is 1.22 bits per heavy atom. The average Bonchev–Trinajstić information content (AvgIpc) is 3.57. The van der Waals surface area contributed by atoms with Crippen molar-refractivity contribution in [3.05, 3.63) is 61.2 Å². The maximum atomic E-state index is 14.6. The third-order valence-corrected chi connectivity index (χ3v) is 9.13. The molecule has 0 radical (unpaired) electrons. The minimum absolute atomic E-state index is 0.173. The van der Waals surface area contributed by atoms with Crippen LogP contribution in [0.2, 0.25) is 0 Å². The number of aliphatic hydroxyl groups excluding tert-OH is 1. The number of aliphatic hydroxyl groups is 1. The SMILES string of the molecule is C=CCCCOC(=O)[C@@H]1[C@H]2C(=O)N([C@@H](CO)CC(C)C)C(C(=O)N(CC=C)Cc3ccccc3)C23CC[C@@]1(CC)O3. The smallest absolute Gasteiger partial charge is 0.312 e. The van der Waals surface area contributed by atoms with E-state index in [2.05, 4.69) is 13.2 Å². The Hall–Kier alpha value is -2.97. The van der Waals surface area contributed by atoms with E-state index in [-0.39, 0.29) is 37.5 Å². The largest absolute Gasteiger partial charge is 0.465 e. The number of hydrogen-bond donors (Lipinski definition) is 1. The zero-order valence-corrected chi connectivity index (χ0v) is 24.8. The highest BCUT2D eigenvalue weighted by Crippen LogP contribution is 2.65. The highest BCUT2D eigenvalue weighted by Gasteiger charge is 2.79. The van der Waals surface area contributed by atoms with Crippen molar-refractivity contribution in [1.29, 1.82) is 0 Å². The standard InChI is InChI=1S/C33H46N2O6/c1-6-9-13-19-40-31(39)27-26-29(37)35(25(22-36)20-23(4)5)28(33(26)17-16-32(27,8-3)41-33)30(38)34(18-7-2)21-24-14-11-10-12-15-24/h6-7,10-12,14-15,23,25-28,36H,1-2,8-9,13,16-22H2,3-5H3/t25-,26+,27+,28?,32-,33?/m1/s1. The first-order valence-corrected chi connectivity index (χ1v) is 15.0. The fourth-order valence-corrected chi connectivity index (χ4v) is 7.36. The number of carbonyl (C=O) groups excluding carboxylic acids is 3. The first-order valence-electron chi connectivity index (χ1n) is 15.0. The van der Waals surface area contributed by atoms with Crippen molar-refractivity contribution >= 4 is 17.8 Å². The van der Waals surface area contributed by atoms with Gasteiger partial charge in [0.25, 0.3) is 0 Å². The molecule has 0 aromatic heterocycles. The molecule has 3 saturated heterocycles. The van der Waals surface area contributed by atoms with Crippen LogP contribution in [0.5, 0.6) is 0 Å². The highest BCUT2D eigenvalue weighted by atomic mass is 16.6. The molecular weight excluding hydrogens is 520 g/mol. The highest BCUT2D eigenvalue weighted by molar-refractivity contribution is 5.98. The minimum Gasteiger partial charge on any atom is -0.465 e. The molecule has 1 aromatic rings. The Kier molecular flexibility index (Phi) is 9.75. The monoisotopic (exact) mass is 566 g/mol. The second kappa shape index (κ2) is 12.9. The molecule has 1 aromatic carbocycles. The van der Waals surface area contributed by atoms with E-state index in [9.17, 15) is 19.5 Å². The van der Waals surface area contributed by atoms with Crippen LogP contribution in [-0.4, -0.2) is 75.7 Å². The van der Waals surface area contributed by atoms with Gasteiger partial charge in [-0.25, -0.2) is 0 Å². The molecule has 3 aliphatic heterocycles. The van der Waals surface area contributed by atoms with Crippen LogP contribution in [-0.2, 0) is 30.4 Å². The lowest BCUT2D eigenvalue weighted by Crippen LogP contribution is -2.59. The first-order chi connectivity index (χ1) is 19.7. The van der Waals surface area contributed by atoms with Crippen LogP contribution >= 0.6 is 0 Å². The predicted octanol–water partition coefficient (Wildman–Crippen LogP) is 4.27. The van der Waals surface area contributed by atoms with E-state index < -0.39 is 41.1 Å². The maximum Gasteiger partial charge on any atom is 0.312 e. The van der Waals surface area contributed by atoms with E-state index in [0.29, 0.717) is 38.6 Å². The van der Waals surface area contributed by atoms with Crippen LogP contribution in [0.1, 0.15) is 64.9 Å². The average molecular weight is 567 g/mol. The number of benzene rings is 1. The van der Waals surface area contributed by atoms with Gasteiger partial charge >= 0.3 is 5.97 Å².